The maximum atomic E-state index is 12.3. The lowest BCUT2D eigenvalue weighted by Crippen LogP contribution is -2.31. The van der Waals surface area contributed by atoms with E-state index < -0.39 is 18.1 Å². The third-order valence-corrected chi connectivity index (χ3v) is 4.97. The summed E-state index contributed by atoms with van der Waals surface area (Å²) in [5.74, 6) is 0.133. The van der Waals surface area contributed by atoms with Gasteiger partial charge in [0.15, 0.2) is 5.69 Å². The van der Waals surface area contributed by atoms with Gasteiger partial charge in [-0.1, -0.05) is 12.8 Å². The van der Waals surface area contributed by atoms with Gasteiger partial charge in [-0.25, -0.2) is 14.6 Å². The predicted molar refractivity (Wildman–Crippen MR) is 110 cm³/mol. The highest BCUT2D eigenvalue weighted by Gasteiger charge is 2.24. The first-order valence-electron chi connectivity index (χ1n) is 9.56. The topological polar surface area (TPSA) is 155 Å². The normalized spacial score (nSPS) is 18.5. The number of aromatic amines is 1. The van der Waals surface area contributed by atoms with Crippen molar-refractivity contribution in [2.24, 2.45) is 5.73 Å². The maximum Gasteiger partial charge on any atom is 0.411 e. The van der Waals surface area contributed by atoms with E-state index >= 15 is 0 Å². The van der Waals surface area contributed by atoms with Crippen molar-refractivity contribution in [3.8, 4) is 17.3 Å². The fourth-order valence-electron chi connectivity index (χ4n) is 3.40. The van der Waals surface area contributed by atoms with Crippen LogP contribution >= 0.6 is 0 Å². The van der Waals surface area contributed by atoms with Gasteiger partial charge in [0.05, 0.1) is 26.0 Å². The number of benzene rings is 1. The molecule has 3 rings (SSSR count). The van der Waals surface area contributed by atoms with Gasteiger partial charge in [-0.2, -0.15) is 5.26 Å². The van der Waals surface area contributed by atoms with Gasteiger partial charge in [-0.15, -0.1) is 0 Å². The Hall–Kier alpha value is -3.58. The summed E-state index contributed by atoms with van der Waals surface area (Å²) in [4.78, 5) is 31.5. The number of fused-ring (bicyclic) bond motifs is 4. The number of hydrogen-bond acceptors (Lipinski definition) is 8. The molecule has 0 spiro atoms. The molecule has 158 valence electrons. The zero-order valence-corrected chi connectivity index (χ0v) is 16.8. The van der Waals surface area contributed by atoms with Crippen LogP contribution in [0.2, 0.25) is 0 Å². The number of H-pyrrole nitrogens is 1. The highest BCUT2D eigenvalue weighted by molar-refractivity contribution is 5.90. The molecule has 30 heavy (non-hydrogen) atoms. The molecule has 0 fully saturated rings. The van der Waals surface area contributed by atoms with Gasteiger partial charge < -0.3 is 25.5 Å². The maximum absolute atomic E-state index is 12.3. The summed E-state index contributed by atoms with van der Waals surface area (Å²) in [5, 5.41) is 15.4. The highest BCUT2D eigenvalue weighted by Crippen LogP contribution is 2.34. The van der Waals surface area contributed by atoms with Crippen molar-refractivity contribution < 1.29 is 19.1 Å². The van der Waals surface area contributed by atoms with Gasteiger partial charge in [0.25, 0.3) is 0 Å². The van der Waals surface area contributed by atoms with E-state index in [1.807, 2.05) is 0 Å². The highest BCUT2D eigenvalue weighted by atomic mass is 16.5. The predicted octanol–water partition coefficient (Wildman–Crippen LogP) is 2.65. The van der Waals surface area contributed by atoms with Gasteiger partial charge in [-0.05, 0) is 31.0 Å². The Kier molecular flexibility index (Phi) is 6.54. The molecule has 0 saturated carbocycles. The van der Waals surface area contributed by atoms with Crippen LogP contribution in [0.25, 0.3) is 11.3 Å². The number of hydrogen-bond donors (Lipinski definition) is 4. The minimum Gasteiger partial charge on any atom is -0.467 e. The van der Waals surface area contributed by atoms with Crippen molar-refractivity contribution >= 4 is 23.4 Å². The first-order valence-corrected chi connectivity index (χ1v) is 9.56. The zero-order chi connectivity index (χ0) is 21.7. The first kappa shape index (κ1) is 21.1. The van der Waals surface area contributed by atoms with E-state index in [-0.39, 0.29) is 11.7 Å². The number of nitrogens with one attached hydrogen (secondary N) is 3. The Morgan fingerprint density at radius 3 is 2.73 bits per heavy atom. The van der Waals surface area contributed by atoms with E-state index in [2.05, 4.69) is 31.4 Å². The number of amides is 1. The van der Waals surface area contributed by atoms with Crippen LogP contribution in [-0.4, -0.2) is 42.3 Å². The smallest absolute Gasteiger partial charge is 0.411 e. The van der Waals surface area contributed by atoms with Crippen molar-refractivity contribution in [3.63, 3.8) is 0 Å². The summed E-state index contributed by atoms with van der Waals surface area (Å²) in [6.07, 6.45) is 2.11. The molecule has 2 atom stereocenters. The number of esters is 1. The second kappa shape index (κ2) is 9.28. The van der Waals surface area contributed by atoms with E-state index in [4.69, 9.17) is 10.5 Å². The first-order chi connectivity index (χ1) is 14.5. The molecule has 1 aromatic carbocycles. The summed E-state index contributed by atoms with van der Waals surface area (Å²) < 4.78 is 9.59. The Balaban J connectivity index is 2.13. The number of carbonyl (C=O) groups is 2. The number of nitriles is 1. The lowest BCUT2D eigenvalue weighted by Gasteiger charge is -2.21. The monoisotopic (exact) mass is 412 g/mol. The largest absolute Gasteiger partial charge is 0.467 e. The summed E-state index contributed by atoms with van der Waals surface area (Å²) in [6.45, 7) is 0. The SMILES string of the molecule is COC(=O)Nc1ccc2c(c1)NC(C(=O)OC)CCCC[C@H](N)c1nc(C#N)c-2[nH]1. The summed E-state index contributed by atoms with van der Waals surface area (Å²) >= 11 is 0. The third kappa shape index (κ3) is 4.52. The van der Waals surface area contributed by atoms with Gasteiger partial charge in [-0.3, -0.25) is 5.32 Å². The second-order valence-electron chi connectivity index (χ2n) is 6.95. The number of methoxy groups -OCH3 is 2. The Labute approximate surface area is 173 Å². The average molecular weight is 412 g/mol. The van der Waals surface area contributed by atoms with Crippen LogP contribution in [0.15, 0.2) is 18.2 Å². The number of aromatic nitrogens is 2. The third-order valence-electron chi connectivity index (χ3n) is 4.97. The molecule has 1 aliphatic heterocycles. The molecule has 2 bridgehead atoms. The molecule has 0 aliphatic carbocycles. The van der Waals surface area contributed by atoms with Crippen molar-refractivity contribution in [2.45, 2.75) is 37.8 Å². The van der Waals surface area contributed by atoms with Gasteiger partial charge in [0.2, 0.25) is 0 Å². The van der Waals surface area contributed by atoms with Crippen LogP contribution in [0, 0.1) is 11.3 Å². The molecule has 1 unspecified atom stereocenters. The molecule has 10 heteroatoms. The van der Waals surface area contributed by atoms with Crippen LogP contribution in [-0.2, 0) is 14.3 Å². The van der Waals surface area contributed by atoms with E-state index in [0.717, 1.165) is 12.8 Å². The minimum absolute atomic E-state index is 0.200. The molecule has 1 aliphatic rings. The molecular formula is C20H24N6O4. The molecule has 1 aromatic heterocycles. The summed E-state index contributed by atoms with van der Waals surface area (Å²) in [6, 6.07) is 6.18. The average Bonchev–Trinajstić information content (AvgIpc) is 3.19. The van der Waals surface area contributed by atoms with E-state index in [1.165, 1.54) is 14.2 Å². The number of nitrogens with two attached hydrogens (primary N) is 1. The van der Waals surface area contributed by atoms with E-state index in [0.29, 0.717) is 41.3 Å². The number of imidazole rings is 1. The Morgan fingerprint density at radius 1 is 1.27 bits per heavy atom. The second-order valence-corrected chi connectivity index (χ2v) is 6.95. The number of rotatable bonds is 2. The van der Waals surface area contributed by atoms with Gasteiger partial charge >= 0.3 is 12.1 Å². The standard InChI is InChI=1S/C20H24N6O4/c1-29-19(27)14-6-4-3-5-13(22)18-25-16(10-21)17(26-18)12-8-7-11(9-15(12)24-14)23-20(28)30-2/h7-9,13-14,24H,3-6,22H2,1-2H3,(H,23,28)(H,25,26)/t13-,14?/m0/s1. The fraction of sp³-hybridized carbons (Fsp3) is 0.400. The molecule has 2 aromatic rings. The summed E-state index contributed by atoms with van der Waals surface area (Å²) in [5.41, 5.74) is 8.53. The molecule has 2 heterocycles. The van der Waals surface area contributed by atoms with Crippen molar-refractivity contribution in [1.82, 2.24) is 9.97 Å². The van der Waals surface area contributed by atoms with E-state index in [9.17, 15) is 14.9 Å². The molecule has 0 radical (unpaired) electrons. The summed E-state index contributed by atoms with van der Waals surface area (Å²) in [7, 11) is 2.60. The zero-order valence-electron chi connectivity index (χ0n) is 16.8. The molecule has 5 N–H and O–H groups in total. The van der Waals surface area contributed by atoms with Crippen LogP contribution in [0.5, 0.6) is 0 Å². The van der Waals surface area contributed by atoms with Crippen LogP contribution < -0.4 is 16.4 Å². The molecule has 1 amide bonds. The lowest BCUT2D eigenvalue weighted by atomic mass is 10.0. The molecule has 0 saturated heterocycles. The van der Waals surface area contributed by atoms with Crippen LogP contribution in [0.3, 0.4) is 0 Å². The lowest BCUT2D eigenvalue weighted by molar-refractivity contribution is -0.141. The van der Waals surface area contributed by atoms with Crippen LogP contribution in [0.1, 0.15) is 43.2 Å². The fourth-order valence-corrected chi connectivity index (χ4v) is 3.40. The number of anilines is 2. The van der Waals surface area contributed by atoms with Crippen LogP contribution in [0.4, 0.5) is 16.2 Å². The Bertz CT molecular complexity index is 980. The molecular weight excluding hydrogens is 388 g/mol. The number of ether oxygens (including phenoxy) is 2. The quantitative estimate of drug-likeness (QED) is 0.549. The number of carbonyl (C=O) groups excluding carboxylic acids is 2. The van der Waals surface area contributed by atoms with Crippen molar-refractivity contribution in [1.29, 1.82) is 5.26 Å². The molecule has 10 nitrogen and oxygen atoms in total. The number of nitrogens with zero attached hydrogens (tertiary/aromatic N) is 2. The van der Waals surface area contributed by atoms with Crippen molar-refractivity contribution in [2.75, 3.05) is 24.9 Å². The van der Waals surface area contributed by atoms with E-state index in [1.54, 1.807) is 18.2 Å². The minimum atomic E-state index is -0.625. The van der Waals surface area contributed by atoms with Gasteiger partial charge in [0, 0.05) is 16.9 Å². The Morgan fingerprint density at radius 2 is 2.03 bits per heavy atom. The van der Waals surface area contributed by atoms with Gasteiger partial charge in [0.1, 0.15) is 17.9 Å². The van der Waals surface area contributed by atoms with Crippen molar-refractivity contribution in [3.05, 3.63) is 29.7 Å².